The summed E-state index contributed by atoms with van der Waals surface area (Å²) in [6, 6.07) is 3.04. The first-order valence-corrected chi connectivity index (χ1v) is 4.55. The Bertz CT molecular complexity index is 182. The Morgan fingerprint density at radius 3 is 2.91 bits per heavy atom. The van der Waals surface area contributed by atoms with Gasteiger partial charge in [-0.05, 0) is 32.4 Å². The summed E-state index contributed by atoms with van der Waals surface area (Å²) in [4.78, 5) is 2.50. The van der Waals surface area contributed by atoms with Gasteiger partial charge in [0.2, 0.25) is 0 Å². The van der Waals surface area contributed by atoms with Crippen LogP contribution in [0.3, 0.4) is 0 Å². The maximum atomic E-state index is 8.83. The van der Waals surface area contributed by atoms with Crippen molar-refractivity contribution in [3.05, 3.63) is 0 Å². The lowest BCUT2D eigenvalue weighted by atomic mass is 9.95. The molecule has 0 spiro atoms. The van der Waals surface area contributed by atoms with Crippen molar-refractivity contribution in [2.75, 3.05) is 13.1 Å². The van der Waals surface area contributed by atoms with Crippen molar-refractivity contribution < 1.29 is 0 Å². The molecule has 0 saturated carbocycles. The molecule has 2 nitrogen and oxygen atoms in total. The van der Waals surface area contributed by atoms with Gasteiger partial charge in [0.1, 0.15) is 0 Å². The SMILES string of the molecule is N#C[C@@H]1CCN2CCCC[C@H]12. The molecule has 0 aromatic rings. The molecule has 2 saturated heterocycles. The Balaban J connectivity index is 2.05. The summed E-state index contributed by atoms with van der Waals surface area (Å²) >= 11 is 0. The summed E-state index contributed by atoms with van der Waals surface area (Å²) in [6.45, 7) is 2.41. The predicted octanol–water partition coefficient (Wildman–Crippen LogP) is 1.38. The molecule has 0 unspecified atom stereocenters. The van der Waals surface area contributed by atoms with E-state index in [2.05, 4.69) is 11.0 Å². The molecule has 60 valence electrons. The van der Waals surface area contributed by atoms with E-state index in [1.165, 1.54) is 32.4 Å². The highest BCUT2D eigenvalue weighted by atomic mass is 15.2. The minimum atomic E-state index is 0.343. The summed E-state index contributed by atoms with van der Waals surface area (Å²) in [5.41, 5.74) is 0. The third kappa shape index (κ3) is 1.14. The predicted molar refractivity (Wildman–Crippen MR) is 42.9 cm³/mol. The zero-order valence-electron chi connectivity index (χ0n) is 6.79. The van der Waals surface area contributed by atoms with Gasteiger partial charge in [-0.1, -0.05) is 6.42 Å². The lowest BCUT2D eigenvalue weighted by Gasteiger charge is -2.30. The summed E-state index contributed by atoms with van der Waals surface area (Å²) in [5.74, 6) is 0.343. The fourth-order valence-electron chi connectivity index (χ4n) is 2.40. The Morgan fingerprint density at radius 2 is 2.09 bits per heavy atom. The fraction of sp³-hybridized carbons (Fsp3) is 0.889. The molecule has 0 N–H and O–H groups in total. The summed E-state index contributed by atoms with van der Waals surface area (Å²) in [7, 11) is 0. The monoisotopic (exact) mass is 150 g/mol. The van der Waals surface area contributed by atoms with E-state index in [1.807, 2.05) is 0 Å². The van der Waals surface area contributed by atoms with Gasteiger partial charge in [0.15, 0.2) is 0 Å². The molecular formula is C9H14N2. The van der Waals surface area contributed by atoms with E-state index in [1.54, 1.807) is 0 Å². The number of fused-ring (bicyclic) bond motifs is 1. The van der Waals surface area contributed by atoms with Crippen molar-refractivity contribution in [2.24, 2.45) is 5.92 Å². The van der Waals surface area contributed by atoms with Crippen LogP contribution in [0.2, 0.25) is 0 Å². The molecule has 11 heavy (non-hydrogen) atoms. The van der Waals surface area contributed by atoms with Crippen LogP contribution in [-0.2, 0) is 0 Å². The molecule has 0 amide bonds. The maximum Gasteiger partial charge on any atom is 0.0672 e. The van der Waals surface area contributed by atoms with E-state index in [0.717, 1.165) is 6.42 Å². The van der Waals surface area contributed by atoms with Crippen LogP contribution < -0.4 is 0 Å². The van der Waals surface area contributed by atoms with Crippen molar-refractivity contribution in [2.45, 2.75) is 31.7 Å². The second kappa shape index (κ2) is 2.83. The van der Waals surface area contributed by atoms with E-state index in [4.69, 9.17) is 5.26 Å². The molecule has 2 heteroatoms. The quantitative estimate of drug-likeness (QED) is 0.521. The highest BCUT2D eigenvalue weighted by Crippen LogP contribution is 2.30. The first kappa shape index (κ1) is 7.12. The number of rotatable bonds is 0. The summed E-state index contributed by atoms with van der Waals surface area (Å²) in [5, 5.41) is 8.83. The van der Waals surface area contributed by atoms with Gasteiger partial charge >= 0.3 is 0 Å². The van der Waals surface area contributed by atoms with E-state index in [0.29, 0.717) is 12.0 Å². The number of nitriles is 1. The lowest BCUT2D eigenvalue weighted by Crippen LogP contribution is -2.36. The zero-order valence-corrected chi connectivity index (χ0v) is 6.79. The Morgan fingerprint density at radius 1 is 1.18 bits per heavy atom. The van der Waals surface area contributed by atoms with Gasteiger partial charge < -0.3 is 0 Å². The fourth-order valence-corrected chi connectivity index (χ4v) is 2.40. The van der Waals surface area contributed by atoms with Gasteiger partial charge in [-0.25, -0.2) is 0 Å². The third-order valence-corrected chi connectivity index (χ3v) is 3.02. The zero-order chi connectivity index (χ0) is 7.68. The van der Waals surface area contributed by atoms with E-state index in [-0.39, 0.29) is 0 Å². The van der Waals surface area contributed by atoms with Crippen molar-refractivity contribution in [3.63, 3.8) is 0 Å². The standard InChI is InChI=1S/C9H14N2/c10-7-8-4-6-11-5-2-1-3-9(8)11/h8-9H,1-6H2/t8-,9+/m0/s1. The smallest absolute Gasteiger partial charge is 0.0672 e. The molecule has 0 aromatic carbocycles. The molecule has 2 atom stereocenters. The van der Waals surface area contributed by atoms with E-state index < -0.39 is 0 Å². The number of piperidine rings is 1. The molecule has 2 rings (SSSR count). The van der Waals surface area contributed by atoms with E-state index in [9.17, 15) is 0 Å². The highest BCUT2D eigenvalue weighted by molar-refractivity contribution is 4.99. The van der Waals surface area contributed by atoms with Crippen molar-refractivity contribution in [1.82, 2.24) is 4.90 Å². The van der Waals surface area contributed by atoms with Crippen molar-refractivity contribution in [1.29, 1.82) is 5.26 Å². The van der Waals surface area contributed by atoms with Gasteiger partial charge in [0, 0.05) is 6.04 Å². The summed E-state index contributed by atoms with van der Waals surface area (Å²) in [6.07, 6.45) is 5.05. The molecule has 0 aliphatic carbocycles. The van der Waals surface area contributed by atoms with Crippen LogP contribution in [-0.4, -0.2) is 24.0 Å². The largest absolute Gasteiger partial charge is 0.299 e. The molecule has 0 radical (unpaired) electrons. The Kier molecular flexibility index (Phi) is 1.83. The first-order chi connectivity index (χ1) is 5.42. The number of hydrogen-bond donors (Lipinski definition) is 0. The normalized spacial score (nSPS) is 38.1. The van der Waals surface area contributed by atoms with E-state index >= 15 is 0 Å². The second-order valence-electron chi connectivity index (χ2n) is 3.62. The van der Waals surface area contributed by atoms with Crippen molar-refractivity contribution in [3.8, 4) is 6.07 Å². The minimum absolute atomic E-state index is 0.343. The van der Waals surface area contributed by atoms with Crippen LogP contribution in [0.15, 0.2) is 0 Å². The van der Waals surface area contributed by atoms with Crippen LogP contribution in [0.4, 0.5) is 0 Å². The van der Waals surface area contributed by atoms with Crippen molar-refractivity contribution >= 4 is 0 Å². The molecule has 2 heterocycles. The van der Waals surface area contributed by atoms with Crippen LogP contribution in [0, 0.1) is 17.2 Å². The van der Waals surface area contributed by atoms with Gasteiger partial charge in [0.25, 0.3) is 0 Å². The molecule has 0 aromatic heterocycles. The van der Waals surface area contributed by atoms with Gasteiger partial charge in [-0.15, -0.1) is 0 Å². The molecular weight excluding hydrogens is 136 g/mol. The Hall–Kier alpha value is -0.550. The average molecular weight is 150 g/mol. The lowest BCUT2D eigenvalue weighted by molar-refractivity contribution is 0.185. The summed E-state index contributed by atoms with van der Waals surface area (Å²) < 4.78 is 0. The number of nitrogens with zero attached hydrogens (tertiary/aromatic N) is 2. The van der Waals surface area contributed by atoms with Crippen LogP contribution in [0.5, 0.6) is 0 Å². The Labute approximate surface area is 67.8 Å². The van der Waals surface area contributed by atoms with Gasteiger partial charge in [-0.2, -0.15) is 5.26 Å². The topological polar surface area (TPSA) is 27.0 Å². The first-order valence-electron chi connectivity index (χ1n) is 4.55. The third-order valence-electron chi connectivity index (χ3n) is 3.02. The van der Waals surface area contributed by atoms with Crippen LogP contribution >= 0.6 is 0 Å². The minimum Gasteiger partial charge on any atom is -0.299 e. The van der Waals surface area contributed by atoms with Crippen LogP contribution in [0.1, 0.15) is 25.7 Å². The molecule has 2 fully saturated rings. The van der Waals surface area contributed by atoms with Gasteiger partial charge in [-0.3, -0.25) is 4.90 Å². The number of hydrogen-bond acceptors (Lipinski definition) is 2. The molecule has 0 bridgehead atoms. The maximum absolute atomic E-state index is 8.83. The average Bonchev–Trinajstić information content (AvgIpc) is 2.47. The molecule has 2 aliphatic heterocycles. The van der Waals surface area contributed by atoms with Crippen LogP contribution in [0.25, 0.3) is 0 Å². The highest BCUT2D eigenvalue weighted by Gasteiger charge is 2.35. The van der Waals surface area contributed by atoms with Gasteiger partial charge in [0.05, 0.1) is 12.0 Å². The second-order valence-corrected chi connectivity index (χ2v) is 3.62. The molecule has 2 aliphatic rings.